The summed E-state index contributed by atoms with van der Waals surface area (Å²) >= 11 is 1.11. The molecule has 100 valence electrons. The van der Waals surface area contributed by atoms with E-state index in [1.165, 1.54) is 7.11 Å². The minimum absolute atomic E-state index is 0.204. The van der Waals surface area contributed by atoms with Gasteiger partial charge in [0.2, 0.25) is 0 Å². The Hall–Kier alpha value is -1.14. The molecule has 0 bridgehead atoms. The van der Waals surface area contributed by atoms with Crippen LogP contribution in [0.15, 0.2) is 23.1 Å². The number of hydrogen-bond donors (Lipinski definition) is 1. The number of hydrogen-bond acceptors (Lipinski definition) is 4. The van der Waals surface area contributed by atoms with E-state index in [-0.39, 0.29) is 4.90 Å². The van der Waals surface area contributed by atoms with Gasteiger partial charge in [0, 0.05) is 10.6 Å². The fourth-order valence-electron chi connectivity index (χ4n) is 1.30. The Morgan fingerprint density at radius 2 is 2.17 bits per heavy atom. The second kappa shape index (κ2) is 6.15. The van der Waals surface area contributed by atoms with Crippen molar-refractivity contribution >= 4 is 17.7 Å². The van der Waals surface area contributed by atoms with Crippen LogP contribution in [0.25, 0.3) is 0 Å². The lowest BCUT2D eigenvalue weighted by Crippen LogP contribution is -2.46. The maximum absolute atomic E-state index is 13.3. The smallest absolute Gasteiger partial charge is 0.325 e. The summed E-state index contributed by atoms with van der Waals surface area (Å²) in [5.74, 6) is -1.12. The summed E-state index contributed by atoms with van der Waals surface area (Å²) in [6.45, 7) is 1.54. The molecule has 0 amide bonds. The van der Waals surface area contributed by atoms with Crippen molar-refractivity contribution in [1.29, 1.82) is 0 Å². The Morgan fingerprint density at radius 1 is 1.50 bits per heavy atom. The zero-order valence-corrected chi connectivity index (χ0v) is 11.0. The van der Waals surface area contributed by atoms with Gasteiger partial charge in [-0.05, 0) is 31.5 Å². The van der Waals surface area contributed by atoms with E-state index >= 15 is 0 Å². The van der Waals surface area contributed by atoms with Gasteiger partial charge in [-0.3, -0.25) is 4.79 Å². The number of methoxy groups -OCH3 is 1. The van der Waals surface area contributed by atoms with Crippen LogP contribution >= 0.6 is 11.8 Å². The van der Waals surface area contributed by atoms with E-state index in [4.69, 9.17) is 5.73 Å². The first-order valence-electron chi connectivity index (χ1n) is 5.32. The first-order valence-corrected chi connectivity index (χ1v) is 6.30. The fraction of sp³-hybridized carbons (Fsp3) is 0.417. The molecule has 2 N–H and O–H groups in total. The lowest BCUT2D eigenvalue weighted by molar-refractivity contribution is -0.146. The van der Waals surface area contributed by atoms with E-state index in [9.17, 15) is 13.6 Å². The minimum atomic E-state index is -1.12. The molecule has 0 aromatic heterocycles. The molecule has 18 heavy (non-hydrogen) atoms. The number of ether oxygens (including phenoxy) is 1. The zero-order valence-electron chi connectivity index (χ0n) is 10.2. The predicted molar refractivity (Wildman–Crippen MR) is 66.3 cm³/mol. The van der Waals surface area contributed by atoms with Crippen molar-refractivity contribution < 1.29 is 18.3 Å². The molecule has 1 aromatic carbocycles. The lowest BCUT2D eigenvalue weighted by atomic mass is 10.0. The quantitative estimate of drug-likeness (QED) is 0.662. The molecule has 0 aliphatic rings. The number of halogens is 2. The molecule has 0 heterocycles. The third-order valence-electron chi connectivity index (χ3n) is 2.42. The Bertz CT molecular complexity index is 438. The summed E-state index contributed by atoms with van der Waals surface area (Å²) in [6.07, 6.45) is 0.306. The highest BCUT2D eigenvalue weighted by Gasteiger charge is 2.28. The van der Waals surface area contributed by atoms with Crippen LogP contribution in [0, 0.1) is 11.6 Å². The Morgan fingerprint density at radius 3 is 2.78 bits per heavy atom. The summed E-state index contributed by atoms with van der Waals surface area (Å²) in [5, 5.41) is 0. The molecule has 1 unspecified atom stereocenters. The molecule has 0 saturated heterocycles. The van der Waals surface area contributed by atoms with E-state index in [2.05, 4.69) is 4.74 Å². The van der Waals surface area contributed by atoms with Gasteiger partial charge >= 0.3 is 5.97 Å². The van der Waals surface area contributed by atoms with Gasteiger partial charge in [-0.2, -0.15) is 0 Å². The number of thioether (sulfide) groups is 1. The first kappa shape index (κ1) is 14.9. The lowest BCUT2D eigenvalue weighted by Gasteiger charge is -2.20. The van der Waals surface area contributed by atoms with Crippen molar-refractivity contribution in [2.45, 2.75) is 23.8 Å². The number of esters is 1. The van der Waals surface area contributed by atoms with E-state index in [1.54, 1.807) is 6.92 Å². The number of benzene rings is 1. The maximum atomic E-state index is 13.3. The third-order valence-corrected chi connectivity index (χ3v) is 3.46. The van der Waals surface area contributed by atoms with Crippen molar-refractivity contribution in [3.05, 3.63) is 29.8 Å². The van der Waals surface area contributed by atoms with Gasteiger partial charge in [-0.25, -0.2) is 8.78 Å². The number of carbonyl (C=O) groups is 1. The van der Waals surface area contributed by atoms with Crippen molar-refractivity contribution in [3.8, 4) is 0 Å². The minimum Gasteiger partial charge on any atom is -0.468 e. The van der Waals surface area contributed by atoms with Gasteiger partial charge < -0.3 is 10.5 Å². The van der Waals surface area contributed by atoms with Crippen LogP contribution in [0.1, 0.15) is 13.3 Å². The highest BCUT2D eigenvalue weighted by molar-refractivity contribution is 7.99. The number of rotatable bonds is 5. The summed E-state index contributed by atoms with van der Waals surface area (Å²) in [6, 6.07) is 3.24. The van der Waals surface area contributed by atoms with Crippen LogP contribution in [0.3, 0.4) is 0 Å². The summed E-state index contributed by atoms with van der Waals surface area (Å²) in [7, 11) is 1.26. The molecule has 0 spiro atoms. The second-order valence-electron chi connectivity index (χ2n) is 4.08. The average molecular weight is 275 g/mol. The zero-order chi connectivity index (χ0) is 13.8. The van der Waals surface area contributed by atoms with Gasteiger partial charge in [0.1, 0.15) is 17.2 Å². The molecule has 3 nitrogen and oxygen atoms in total. The van der Waals surface area contributed by atoms with Crippen LogP contribution in [0.2, 0.25) is 0 Å². The van der Waals surface area contributed by atoms with Crippen molar-refractivity contribution in [1.82, 2.24) is 0 Å². The van der Waals surface area contributed by atoms with Crippen LogP contribution in [0.4, 0.5) is 8.78 Å². The average Bonchev–Trinajstić information content (AvgIpc) is 2.32. The molecule has 6 heteroatoms. The Balaban J connectivity index is 2.56. The largest absolute Gasteiger partial charge is 0.468 e. The molecule has 1 rings (SSSR count). The van der Waals surface area contributed by atoms with E-state index in [0.717, 1.165) is 30.0 Å². The second-order valence-corrected chi connectivity index (χ2v) is 5.22. The molecule has 1 aromatic rings. The van der Waals surface area contributed by atoms with E-state index in [1.807, 2.05) is 0 Å². The van der Waals surface area contributed by atoms with Gasteiger partial charge in [0.05, 0.1) is 7.11 Å². The van der Waals surface area contributed by atoms with Crippen molar-refractivity contribution in [3.63, 3.8) is 0 Å². The highest BCUT2D eigenvalue weighted by atomic mass is 32.2. The first-order chi connectivity index (χ1) is 8.36. The maximum Gasteiger partial charge on any atom is 0.325 e. The molecular formula is C12H15F2NO2S. The fourth-order valence-corrected chi connectivity index (χ4v) is 2.44. The SMILES string of the molecule is COC(=O)C(C)(N)CCSc1cc(F)ccc1F. The number of carbonyl (C=O) groups excluding carboxylic acids is 1. The van der Waals surface area contributed by atoms with Crippen LogP contribution in [-0.2, 0) is 9.53 Å². The monoisotopic (exact) mass is 275 g/mol. The normalized spacial score (nSPS) is 14.1. The topological polar surface area (TPSA) is 52.3 Å². The van der Waals surface area contributed by atoms with Crippen molar-refractivity contribution in [2.24, 2.45) is 5.73 Å². The molecule has 0 aliphatic carbocycles. The molecule has 0 radical (unpaired) electrons. The standard InChI is InChI=1S/C12H15F2NO2S/c1-12(15,11(16)17-2)5-6-18-10-7-8(13)3-4-9(10)14/h3-4,7H,5-6,15H2,1-2H3. The van der Waals surface area contributed by atoms with Crippen LogP contribution < -0.4 is 5.73 Å². The Labute approximate surface area is 109 Å². The third kappa shape index (κ3) is 3.96. The number of nitrogens with two attached hydrogens (primary N) is 1. The van der Waals surface area contributed by atoms with E-state index in [0.29, 0.717) is 12.2 Å². The predicted octanol–water partition coefficient (Wildman–Crippen LogP) is 2.34. The molecule has 0 fully saturated rings. The molecule has 0 aliphatic heterocycles. The highest BCUT2D eigenvalue weighted by Crippen LogP contribution is 2.25. The van der Waals surface area contributed by atoms with Gasteiger partial charge in [-0.1, -0.05) is 0 Å². The van der Waals surface area contributed by atoms with Gasteiger partial charge in [0.25, 0.3) is 0 Å². The molecule has 0 saturated carbocycles. The molecule has 1 atom stereocenters. The van der Waals surface area contributed by atoms with Crippen LogP contribution in [0.5, 0.6) is 0 Å². The van der Waals surface area contributed by atoms with Crippen molar-refractivity contribution in [2.75, 3.05) is 12.9 Å². The summed E-state index contributed by atoms with van der Waals surface area (Å²) < 4.78 is 30.8. The Kier molecular flexibility index (Phi) is 5.10. The summed E-state index contributed by atoms with van der Waals surface area (Å²) in [4.78, 5) is 11.5. The van der Waals surface area contributed by atoms with Gasteiger partial charge in [-0.15, -0.1) is 11.8 Å². The van der Waals surface area contributed by atoms with E-state index < -0.39 is 23.1 Å². The van der Waals surface area contributed by atoms with Gasteiger partial charge in [0.15, 0.2) is 0 Å². The van der Waals surface area contributed by atoms with Crippen LogP contribution in [-0.4, -0.2) is 24.4 Å². The molecular weight excluding hydrogens is 260 g/mol. The summed E-state index contributed by atoms with van der Waals surface area (Å²) in [5.41, 5.74) is 4.63.